The molecular formula is C19H18F2N2O3. The van der Waals surface area contributed by atoms with Crippen LogP contribution in [-0.2, 0) is 16.0 Å². The fraction of sp³-hybridized carbons (Fsp3) is 0.263. The lowest BCUT2D eigenvalue weighted by Gasteiger charge is -2.20. The molecule has 2 aromatic carbocycles. The van der Waals surface area contributed by atoms with Gasteiger partial charge in [-0.3, -0.25) is 9.59 Å². The van der Waals surface area contributed by atoms with E-state index in [1.54, 1.807) is 35.2 Å². The molecule has 3 rings (SSSR count). The predicted molar refractivity (Wildman–Crippen MR) is 93.4 cm³/mol. The molecule has 0 radical (unpaired) electrons. The molecule has 1 fully saturated rings. The number of halogens is 2. The Morgan fingerprint density at radius 3 is 2.54 bits per heavy atom. The molecule has 7 heteroatoms. The highest BCUT2D eigenvalue weighted by Gasteiger charge is 2.24. The van der Waals surface area contributed by atoms with Crippen LogP contribution in [0, 0.1) is 0 Å². The number of hydrogen-bond donors (Lipinski definition) is 1. The SMILES string of the molecule is O=C(Cc1ccc(OC(F)F)cc1)Nc1ccccc1N1CCCC1=O. The molecule has 0 aliphatic carbocycles. The van der Waals surface area contributed by atoms with Gasteiger partial charge in [-0.15, -0.1) is 0 Å². The van der Waals surface area contributed by atoms with E-state index >= 15 is 0 Å². The van der Waals surface area contributed by atoms with E-state index in [0.717, 1.165) is 6.42 Å². The van der Waals surface area contributed by atoms with Crippen molar-refractivity contribution in [3.63, 3.8) is 0 Å². The van der Waals surface area contributed by atoms with Crippen molar-refractivity contribution in [3.8, 4) is 5.75 Å². The first kappa shape index (κ1) is 17.8. The lowest BCUT2D eigenvalue weighted by Crippen LogP contribution is -2.25. The van der Waals surface area contributed by atoms with Crippen molar-refractivity contribution < 1.29 is 23.1 Å². The second-order valence-electron chi connectivity index (χ2n) is 5.91. The minimum atomic E-state index is -2.88. The van der Waals surface area contributed by atoms with Crippen LogP contribution in [0.4, 0.5) is 20.2 Å². The van der Waals surface area contributed by atoms with Gasteiger partial charge in [0.15, 0.2) is 0 Å². The first-order valence-electron chi connectivity index (χ1n) is 8.26. The molecule has 136 valence electrons. The fourth-order valence-corrected chi connectivity index (χ4v) is 2.89. The van der Waals surface area contributed by atoms with Crippen LogP contribution in [0.1, 0.15) is 18.4 Å². The average Bonchev–Trinajstić information content (AvgIpc) is 3.02. The van der Waals surface area contributed by atoms with Gasteiger partial charge in [0.25, 0.3) is 0 Å². The summed E-state index contributed by atoms with van der Waals surface area (Å²) < 4.78 is 28.6. The smallest absolute Gasteiger partial charge is 0.387 e. The lowest BCUT2D eigenvalue weighted by molar-refractivity contribution is -0.117. The van der Waals surface area contributed by atoms with Crippen molar-refractivity contribution >= 4 is 23.2 Å². The zero-order valence-corrected chi connectivity index (χ0v) is 14.0. The van der Waals surface area contributed by atoms with Crippen LogP contribution < -0.4 is 15.0 Å². The van der Waals surface area contributed by atoms with Gasteiger partial charge in [-0.25, -0.2) is 0 Å². The van der Waals surface area contributed by atoms with Gasteiger partial charge >= 0.3 is 6.61 Å². The third kappa shape index (κ3) is 4.36. The Labute approximate surface area is 149 Å². The van der Waals surface area contributed by atoms with E-state index in [-0.39, 0.29) is 24.0 Å². The van der Waals surface area contributed by atoms with Gasteiger partial charge in [0, 0.05) is 13.0 Å². The number of amides is 2. The van der Waals surface area contributed by atoms with Crippen LogP contribution in [0.25, 0.3) is 0 Å². The first-order chi connectivity index (χ1) is 12.5. The maximum absolute atomic E-state index is 12.3. The molecule has 1 aliphatic heterocycles. The number of nitrogens with one attached hydrogen (secondary N) is 1. The summed E-state index contributed by atoms with van der Waals surface area (Å²) in [6.45, 7) is -2.24. The monoisotopic (exact) mass is 360 g/mol. The van der Waals surface area contributed by atoms with E-state index in [2.05, 4.69) is 10.1 Å². The molecule has 0 atom stereocenters. The average molecular weight is 360 g/mol. The molecule has 1 saturated heterocycles. The fourth-order valence-electron chi connectivity index (χ4n) is 2.89. The summed E-state index contributed by atoms with van der Waals surface area (Å²) in [7, 11) is 0. The minimum absolute atomic E-state index is 0.0429. The second kappa shape index (κ2) is 7.95. The normalized spacial score (nSPS) is 14.0. The van der Waals surface area contributed by atoms with Gasteiger partial charge < -0.3 is 15.0 Å². The van der Waals surface area contributed by atoms with Crippen molar-refractivity contribution in [2.24, 2.45) is 0 Å². The Kier molecular flexibility index (Phi) is 5.46. The number of anilines is 2. The van der Waals surface area contributed by atoms with E-state index in [1.807, 2.05) is 6.07 Å². The number of hydrogen-bond acceptors (Lipinski definition) is 3. The van der Waals surface area contributed by atoms with Gasteiger partial charge in [0.05, 0.1) is 17.8 Å². The van der Waals surface area contributed by atoms with Crippen molar-refractivity contribution in [2.45, 2.75) is 25.9 Å². The molecule has 2 amide bonds. The molecule has 0 saturated carbocycles. The summed E-state index contributed by atoms with van der Waals surface area (Å²) in [6, 6.07) is 13.1. The molecule has 1 aliphatic rings. The zero-order chi connectivity index (χ0) is 18.5. The molecule has 1 heterocycles. The maximum atomic E-state index is 12.3. The summed E-state index contributed by atoms with van der Waals surface area (Å²) in [4.78, 5) is 26.0. The number of nitrogens with zero attached hydrogens (tertiary/aromatic N) is 1. The van der Waals surface area contributed by atoms with E-state index in [0.29, 0.717) is 29.9 Å². The predicted octanol–water partition coefficient (Wildman–Crippen LogP) is 3.60. The molecule has 2 aromatic rings. The zero-order valence-electron chi connectivity index (χ0n) is 14.0. The van der Waals surface area contributed by atoms with Crippen LogP contribution in [0.15, 0.2) is 48.5 Å². The summed E-state index contributed by atoms with van der Waals surface area (Å²) in [5, 5.41) is 2.82. The number of para-hydroxylation sites is 2. The Hall–Kier alpha value is -2.96. The molecule has 5 nitrogen and oxygen atoms in total. The number of benzene rings is 2. The number of carbonyl (C=O) groups excluding carboxylic acids is 2. The number of ether oxygens (including phenoxy) is 1. The Morgan fingerprint density at radius 1 is 1.15 bits per heavy atom. The molecule has 1 N–H and O–H groups in total. The Bertz CT molecular complexity index is 794. The standard InChI is InChI=1S/C19H18F2N2O3/c20-19(21)26-14-9-7-13(8-10-14)12-17(24)22-15-4-1-2-5-16(15)23-11-3-6-18(23)25/h1-2,4-5,7-10,19H,3,6,11-12H2,(H,22,24). The van der Waals surface area contributed by atoms with Crippen molar-refractivity contribution in [1.29, 1.82) is 0 Å². The van der Waals surface area contributed by atoms with Gasteiger partial charge in [-0.05, 0) is 36.2 Å². The van der Waals surface area contributed by atoms with Crippen LogP contribution in [0.2, 0.25) is 0 Å². The van der Waals surface area contributed by atoms with Gasteiger partial charge in [-0.2, -0.15) is 8.78 Å². The summed E-state index contributed by atoms with van der Waals surface area (Å²) >= 11 is 0. The van der Waals surface area contributed by atoms with Crippen molar-refractivity contribution in [1.82, 2.24) is 0 Å². The highest BCUT2D eigenvalue weighted by Crippen LogP contribution is 2.29. The third-order valence-corrected chi connectivity index (χ3v) is 4.06. The molecular weight excluding hydrogens is 342 g/mol. The van der Waals surface area contributed by atoms with Crippen LogP contribution in [0.3, 0.4) is 0 Å². The van der Waals surface area contributed by atoms with E-state index in [9.17, 15) is 18.4 Å². The molecule has 0 spiro atoms. The van der Waals surface area contributed by atoms with Crippen molar-refractivity contribution in [3.05, 3.63) is 54.1 Å². The van der Waals surface area contributed by atoms with Crippen LogP contribution in [0.5, 0.6) is 5.75 Å². The summed E-state index contributed by atoms with van der Waals surface area (Å²) in [5.74, 6) is -0.171. The lowest BCUT2D eigenvalue weighted by atomic mass is 10.1. The van der Waals surface area contributed by atoms with Gasteiger partial charge in [0.1, 0.15) is 5.75 Å². The largest absolute Gasteiger partial charge is 0.435 e. The van der Waals surface area contributed by atoms with E-state index < -0.39 is 6.61 Å². The van der Waals surface area contributed by atoms with E-state index in [1.165, 1.54) is 12.1 Å². The molecule has 0 aromatic heterocycles. The second-order valence-corrected chi connectivity index (χ2v) is 5.91. The Balaban J connectivity index is 1.66. The summed E-state index contributed by atoms with van der Waals surface area (Å²) in [6.07, 6.45) is 1.39. The molecule has 0 unspecified atom stereocenters. The number of alkyl halides is 2. The molecule has 26 heavy (non-hydrogen) atoms. The topological polar surface area (TPSA) is 58.6 Å². The highest BCUT2D eigenvalue weighted by atomic mass is 19.3. The molecule has 0 bridgehead atoms. The van der Waals surface area contributed by atoms with Crippen molar-refractivity contribution in [2.75, 3.05) is 16.8 Å². The maximum Gasteiger partial charge on any atom is 0.387 e. The number of rotatable bonds is 6. The van der Waals surface area contributed by atoms with Gasteiger partial charge in [0.2, 0.25) is 11.8 Å². The van der Waals surface area contributed by atoms with Crippen LogP contribution >= 0.6 is 0 Å². The quantitative estimate of drug-likeness (QED) is 0.856. The number of carbonyl (C=O) groups is 2. The minimum Gasteiger partial charge on any atom is -0.435 e. The highest BCUT2D eigenvalue weighted by molar-refractivity contribution is 6.02. The third-order valence-electron chi connectivity index (χ3n) is 4.06. The van der Waals surface area contributed by atoms with Crippen LogP contribution in [-0.4, -0.2) is 25.0 Å². The van der Waals surface area contributed by atoms with Gasteiger partial charge in [-0.1, -0.05) is 24.3 Å². The first-order valence-corrected chi connectivity index (χ1v) is 8.26. The summed E-state index contributed by atoms with van der Waals surface area (Å²) in [5.41, 5.74) is 1.92. The van der Waals surface area contributed by atoms with E-state index in [4.69, 9.17) is 0 Å². The Morgan fingerprint density at radius 2 is 1.88 bits per heavy atom.